The van der Waals surface area contributed by atoms with Crippen LogP contribution in [0.3, 0.4) is 0 Å². The number of hydrogen-bond acceptors (Lipinski definition) is 7. The normalized spacial score (nSPS) is 11.3. The number of carbonyl (C=O) groups excluding carboxylic acids is 1. The smallest absolute Gasteiger partial charge is 0.282 e. The molecule has 0 fully saturated rings. The van der Waals surface area contributed by atoms with Gasteiger partial charge >= 0.3 is 0 Å². The molecule has 0 spiro atoms. The van der Waals surface area contributed by atoms with Crippen LogP contribution in [0.2, 0.25) is 5.02 Å². The Morgan fingerprint density at radius 1 is 1.06 bits per heavy atom. The summed E-state index contributed by atoms with van der Waals surface area (Å²) in [4.78, 5) is 31.3. The molecule has 0 unspecified atom stereocenters. The molecule has 4 aromatic carbocycles. The van der Waals surface area contributed by atoms with Crippen molar-refractivity contribution in [1.82, 2.24) is 9.66 Å². The fourth-order valence-corrected chi connectivity index (χ4v) is 5.35. The van der Waals surface area contributed by atoms with E-state index >= 15 is 0 Å². The molecule has 236 valence electrons. The fourth-order valence-electron chi connectivity index (χ4n) is 5.17. The number of carbonyl (C=O) groups is 1. The van der Waals surface area contributed by atoms with E-state index in [4.69, 9.17) is 30.5 Å². The summed E-state index contributed by atoms with van der Waals surface area (Å²) in [5.41, 5.74) is 3.77. The second-order valence-electron chi connectivity index (χ2n) is 10.7. The van der Waals surface area contributed by atoms with Gasteiger partial charge in [-0.3, -0.25) is 9.59 Å². The minimum Gasteiger partial charge on any atom is -0.490 e. The van der Waals surface area contributed by atoms with Gasteiger partial charge in [0.25, 0.3) is 11.5 Å². The van der Waals surface area contributed by atoms with Gasteiger partial charge in [0, 0.05) is 21.7 Å². The number of amides is 1. The molecule has 0 radical (unpaired) electrons. The van der Waals surface area contributed by atoms with Crippen molar-refractivity contribution >= 4 is 51.3 Å². The number of benzene rings is 4. The predicted octanol–water partition coefficient (Wildman–Crippen LogP) is 7.80. The lowest BCUT2D eigenvalue weighted by Gasteiger charge is -2.17. The average Bonchev–Trinajstić information content (AvgIpc) is 3.48. The van der Waals surface area contributed by atoms with Crippen molar-refractivity contribution in [2.75, 3.05) is 18.5 Å². The van der Waals surface area contributed by atoms with E-state index in [1.165, 1.54) is 4.68 Å². The molecule has 6 aromatic rings. The topological polar surface area (TPSA) is 108 Å². The summed E-state index contributed by atoms with van der Waals surface area (Å²) in [6.45, 7) is 7.79. The van der Waals surface area contributed by atoms with Crippen LogP contribution in [0.15, 0.2) is 112 Å². The number of ether oxygens (including phenoxy) is 2. The monoisotopic (exact) mass is 646 g/mol. The molecule has 0 aliphatic heterocycles. The third-order valence-electron chi connectivity index (χ3n) is 7.36. The van der Waals surface area contributed by atoms with Gasteiger partial charge in [-0.05, 0) is 86.0 Å². The Balaban J connectivity index is 1.37. The number of rotatable bonds is 11. The van der Waals surface area contributed by atoms with Crippen LogP contribution in [0.25, 0.3) is 33.5 Å². The van der Waals surface area contributed by atoms with Crippen molar-refractivity contribution in [3.8, 4) is 23.1 Å². The first-order valence-corrected chi connectivity index (χ1v) is 15.4. The first-order chi connectivity index (χ1) is 22.8. The summed E-state index contributed by atoms with van der Waals surface area (Å²) in [7, 11) is 0. The highest BCUT2D eigenvalue weighted by Crippen LogP contribution is 2.34. The lowest BCUT2D eigenvalue weighted by atomic mass is 10.1. The third-order valence-corrected chi connectivity index (χ3v) is 7.59. The van der Waals surface area contributed by atoms with Crippen LogP contribution in [0.4, 0.5) is 5.69 Å². The largest absolute Gasteiger partial charge is 0.490 e. The summed E-state index contributed by atoms with van der Waals surface area (Å²) in [5.74, 6) is 1.14. The zero-order chi connectivity index (χ0) is 32.9. The summed E-state index contributed by atoms with van der Waals surface area (Å²) in [5, 5.41) is 9.21. The van der Waals surface area contributed by atoms with Crippen molar-refractivity contribution < 1.29 is 18.7 Å². The molecule has 0 aliphatic rings. The van der Waals surface area contributed by atoms with Gasteiger partial charge in [0.1, 0.15) is 5.58 Å². The molecule has 1 amide bonds. The Bertz CT molecular complexity index is 2220. The molecule has 0 atom stereocenters. The number of aromatic nitrogens is 2. The molecule has 0 bridgehead atoms. The number of nitrogens with zero attached hydrogens (tertiary/aromatic N) is 3. The summed E-state index contributed by atoms with van der Waals surface area (Å²) < 4.78 is 19.3. The molecule has 2 heterocycles. The first kappa shape index (κ1) is 31.3. The maximum atomic E-state index is 13.8. The molecule has 47 heavy (non-hydrogen) atoms. The second kappa shape index (κ2) is 13.8. The number of nitrogens with one attached hydrogen (secondary N) is 1. The van der Waals surface area contributed by atoms with Crippen LogP contribution in [0.5, 0.6) is 11.5 Å². The van der Waals surface area contributed by atoms with Crippen LogP contribution in [-0.4, -0.2) is 35.0 Å². The Hall–Kier alpha value is -5.67. The highest BCUT2D eigenvalue weighted by atomic mass is 35.5. The number of anilines is 1. The number of halogens is 1. The molecule has 9 nitrogen and oxygen atoms in total. The minimum atomic E-state index is -0.365. The van der Waals surface area contributed by atoms with Gasteiger partial charge in [0.15, 0.2) is 23.9 Å². The molecule has 1 N–H and O–H groups in total. The molecular formula is C37H31ClN4O5. The fraction of sp³-hybridized carbons (Fsp3) is 0.135. The van der Waals surface area contributed by atoms with Crippen LogP contribution in [0, 0.1) is 6.92 Å². The SMILES string of the molecule is C=CCc1cc(C=Nn2c(-c3cc4cc(Cl)ccc4o3)nc3ccccc3c2=O)cc(OCC)c1OCC(=O)Nc1ccccc1C. The third kappa shape index (κ3) is 6.80. The van der Waals surface area contributed by atoms with E-state index in [1.54, 1.807) is 60.8 Å². The van der Waals surface area contributed by atoms with Crippen molar-refractivity contribution in [2.24, 2.45) is 5.10 Å². The minimum absolute atomic E-state index is 0.226. The molecular weight excluding hydrogens is 616 g/mol. The summed E-state index contributed by atoms with van der Waals surface area (Å²) in [6, 6.07) is 25.2. The molecule has 0 saturated heterocycles. The Kier molecular flexibility index (Phi) is 9.17. The number of fused-ring (bicyclic) bond motifs is 2. The highest BCUT2D eigenvalue weighted by Gasteiger charge is 2.18. The van der Waals surface area contributed by atoms with Crippen LogP contribution in [0.1, 0.15) is 23.6 Å². The van der Waals surface area contributed by atoms with Gasteiger partial charge < -0.3 is 19.2 Å². The summed E-state index contributed by atoms with van der Waals surface area (Å²) >= 11 is 6.20. The maximum Gasteiger partial charge on any atom is 0.282 e. The van der Waals surface area contributed by atoms with Crippen LogP contribution in [-0.2, 0) is 11.2 Å². The van der Waals surface area contributed by atoms with E-state index in [1.807, 2.05) is 50.2 Å². The van der Waals surface area contributed by atoms with Gasteiger partial charge in [-0.15, -0.1) is 6.58 Å². The van der Waals surface area contributed by atoms with Crippen molar-refractivity contribution in [3.05, 3.63) is 130 Å². The van der Waals surface area contributed by atoms with Gasteiger partial charge in [-0.1, -0.05) is 48.0 Å². The van der Waals surface area contributed by atoms with E-state index in [9.17, 15) is 9.59 Å². The lowest BCUT2D eigenvalue weighted by Crippen LogP contribution is -2.21. The van der Waals surface area contributed by atoms with Crippen molar-refractivity contribution in [3.63, 3.8) is 0 Å². The van der Waals surface area contributed by atoms with Crippen LogP contribution < -0.4 is 20.3 Å². The van der Waals surface area contributed by atoms with Gasteiger partial charge in [0.05, 0.1) is 23.7 Å². The average molecular weight is 647 g/mol. The Labute approximate surface area is 275 Å². The quantitative estimate of drug-likeness (QED) is 0.114. The van der Waals surface area contributed by atoms with Crippen molar-refractivity contribution in [1.29, 1.82) is 0 Å². The highest BCUT2D eigenvalue weighted by molar-refractivity contribution is 6.31. The number of aryl methyl sites for hydroxylation is 1. The number of hydrogen-bond donors (Lipinski definition) is 1. The van der Waals surface area contributed by atoms with Gasteiger partial charge in [-0.2, -0.15) is 9.78 Å². The van der Waals surface area contributed by atoms with Crippen molar-refractivity contribution in [2.45, 2.75) is 20.3 Å². The second-order valence-corrected chi connectivity index (χ2v) is 11.1. The van der Waals surface area contributed by atoms with E-state index in [0.29, 0.717) is 63.0 Å². The lowest BCUT2D eigenvalue weighted by molar-refractivity contribution is -0.118. The van der Waals surface area contributed by atoms with Crippen LogP contribution >= 0.6 is 11.6 Å². The standard InChI is InChI=1S/C37H31ClN4O5/c1-4-10-25-17-24(18-32(45-5-2)35(25)46-22-34(43)40-29-13-8-6-11-23(29)3)21-39-42-36(41-30-14-9-7-12-28(30)37(42)44)33-20-26-19-27(38)15-16-31(26)47-33/h4,6-9,11-21H,1,5,10,22H2,2-3H3,(H,40,43). The first-order valence-electron chi connectivity index (χ1n) is 15.0. The molecule has 6 rings (SSSR count). The predicted molar refractivity (Wildman–Crippen MR) is 186 cm³/mol. The Morgan fingerprint density at radius 3 is 2.68 bits per heavy atom. The Morgan fingerprint density at radius 2 is 1.87 bits per heavy atom. The number of allylic oxidation sites excluding steroid dienone is 1. The van der Waals surface area contributed by atoms with E-state index in [-0.39, 0.29) is 23.9 Å². The molecule has 2 aromatic heterocycles. The van der Waals surface area contributed by atoms with E-state index < -0.39 is 0 Å². The zero-order valence-electron chi connectivity index (χ0n) is 25.8. The zero-order valence-corrected chi connectivity index (χ0v) is 26.6. The number of furan rings is 1. The van der Waals surface area contributed by atoms with Gasteiger partial charge in [-0.25, -0.2) is 4.98 Å². The molecule has 0 aliphatic carbocycles. The number of para-hydroxylation sites is 2. The molecule has 0 saturated carbocycles. The summed E-state index contributed by atoms with van der Waals surface area (Å²) in [6.07, 6.45) is 3.71. The maximum absolute atomic E-state index is 13.8. The van der Waals surface area contributed by atoms with E-state index in [0.717, 1.165) is 16.5 Å². The molecule has 10 heteroatoms. The van der Waals surface area contributed by atoms with E-state index in [2.05, 4.69) is 17.0 Å². The van der Waals surface area contributed by atoms with Gasteiger partial charge in [0.2, 0.25) is 5.82 Å².